The average molecular weight is 281 g/mol. The Morgan fingerprint density at radius 2 is 2.26 bits per heavy atom. The summed E-state index contributed by atoms with van der Waals surface area (Å²) in [5, 5.41) is 13.6. The second-order valence-corrected chi connectivity index (χ2v) is 4.74. The minimum absolute atomic E-state index is 0.0222. The van der Waals surface area contributed by atoms with Crippen molar-refractivity contribution in [2.45, 2.75) is 6.42 Å². The Morgan fingerprint density at radius 3 is 2.95 bits per heavy atom. The van der Waals surface area contributed by atoms with Crippen molar-refractivity contribution in [3.05, 3.63) is 23.4 Å². The minimum atomic E-state index is -0.984. The van der Waals surface area contributed by atoms with Crippen molar-refractivity contribution in [1.82, 2.24) is 14.6 Å². The van der Waals surface area contributed by atoms with Crippen molar-refractivity contribution < 1.29 is 14.7 Å². The van der Waals surface area contributed by atoms with Gasteiger partial charge in [0, 0.05) is 19.2 Å². The number of carboxylic acids is 1. The summed E-state index contributed by atoms with van der Waals surface area (Å²) in [6.07, 6.45) is 1.55. The molecule has 2 aromatic rings. The maximum atomic E-state index is 11.8. The molecule has 7 nitrogen and oxygen atoms in total. The molecule has 1 atom stereocenters. The molecule has 19 heavy (non-hydrogen) atoms. The number of carbonyl (C=O) groups is 2. The van der Waals surface area contributed by atoms with E-state index in [2.05, 4.69) is 10.1 Å². The Kier molecular flexibility index (Phi) is 2.63. The van der Waals surface area contributed by atoms with E-state index >= 15 is 0 Å². The van der Waals surface area contributed by atoms with Crippen molar-refractivity contribution in [3.63, 3.8) is 0 Å². The first kappa shape index (κ1) is 11.9. The highest BCUT2D eigenvalue weighted by molar-refractivity contribution is 6.30. The fourth-order valence-electron chi connectivity index (χ4n) is 2.03. The van der Waals surface area contributed by atoms with Gasteiger partial charge in [-0.15, -0.1) is 5.10 Å². The van der Waals surface area contributed by atoms with Gasteiger partial charge >= 0.3 is 5.97 Å². The largest absolute Gasteiger partial charge is 0.481 e. The van der Waals surface area contributed by atoms with Crippen LogP contribution in [-0.2, 0) is 9.59 Å². The standard InChI is InChI=1S/C11H9ClN4O3/c12-7-1-2-8-13-11(14-16(8)5-7)15-4-6(10(18)19)3-9(15)17/h1-2,5-6H,3-4H2,(H,18,19). The summed E-state index contributed by atoms with van der Waals surface area (Å²) >= 11 is 5.83. The third-order valence-corrected chi connectivity index (χ3v) is 3.22. The zero-order chi connectivity index (χ0) is 13.6. The second kappa shape index (κ2) is 4.20. The predicted octanol–water partition coefficient (Wildman–Crippen LogP) is 0.820. The van der Waals surface area contributed by atoms with Crippen LogP contribution in [0.5, 0.6) is 0 Å². The number of nitrogens with zero attached hydrogens (tertiary/aromatic N) is 4. The van der Waals surface area contributed by atoms with Gasteiger partial charge in [-0.05, 0) is 12.1 Å². The summed E-state index contributed by atoms with van der Waals surface area (Å²) in [6.45, 7) is 0.0960. The smallest absolute Gasteiger partial charge is 0.308 e. The van der Waals surface area contributed by atoms with E-state index < -0.39 is 11.9 Å². The van der Waals surface area contributed by atoms with Crippen molar-refractivity contribution >= 4 is 35.1 Å². The SMILES string of the molecule is O=C(O)C1CC(=O)N(c2nc3ccc(Cl)cn3n2)C1. The summed E-state index contributed by atoms with van der Waals surface area (Å²) in [4.78, 5) is 28.2. The van der Waals surface area contributed by atoms with Crippen LogP contribution in [0.15, 0.2) is 18.3 Å². The van der Waals surface area contributed by atoms with Gasteiger partial charge in [0.2, 0.25) is 5.91 Å². The van der Waals surface area contributed by atoms with Gasteiger partial charge in [0.05, 0.1) is 10.9 Å². The fraction of sp³-hybridized carbons (Fsp3) is 0.273. The number of halogens is 1. The molecule has 1 aliphatic rings. The summed E-state index contributed by atoms with van der Waals surface area (Å²) in [5.74, 6) is -1.77. The number of carbonyl (C=O) groups excluding carboxylic acids is 1. The predicted molar refractivity (Wildman–Crippen MR) is 66.1 cm³/mol. The number of aromatic nitrogens is 3. The number of hydrogen-bond acceptors (Lipinski definition) is 4. The maximum absolute atomic E-state index is 11.8. The number of pyridine rings is 1. The fourth-order valence-corrected chi connectivity index (χ4v) is 2.18. The van der Waals surface area contributed by atoms with Crippen LogP contribution in [0, 0.1) is 5.92 Å². The number of amides is 1. The molecule has 0 saturated carbocycles. The number of carboxylic acid groups (broad SMARTS) is 1. The Balaban J connectivity index is 1.96. The van der Waals surface area contributed by atoms with E-state index in [4.69, 9.17) is 16.7 Å². The van der Waals surface area contributed by atoms with Crippen LogP contribution in [0.25, 0.3) is 5.65 Å². The summed E-state index contributed by atoms with van der Waals surface area (Å²) in [6, 6.07) is 3.34. The summed E-state index contributed by atoms with van der Waals surface area (Å²) < 4.78 is 1.46. The van der Waals surface area contributed by atoms with Crippen LogP contribution in [0.2, 0.25) is 5.02 Å². The second-order valence-electron chi connectivity index (χ2n) is 4.31. The average Bonchev–Trinajstić information content (AvgIpc) is 2.91. The maximum Gasteiger partial charge on any atom is 0.308 e. The lowest BCUT2D eigenvalue weighted by Crippen LogP contribution is -2.26. The molecule has 0 bridgehead atoms. The lowest BCUT2D eigenvalue weighted by atomic mass is 10.1. The van der Waals surface area contributed by atoms with Crippen molar-refractivity contribution in [3.8, 4) is 0 Å². The highest BCUT2D eigenvalue weighted by Crippen LogP contribution is 2.23. The van der Waals surface area contributed by atoms with E-state index in [9.17, 15) is 9.59 Å². The van der Waals surface area contributed by atoms with E-state index in [0.29, 0.717) is 10.7 Å². The minimum Gasteiger partial charge on any atom is -0.481 e. The first-order valence-corrected chi connectivity index (χ1v) is 5.97. The molecule has 1 aliphatic heterocycles. The first-order chi connectivity index (χ1) is 9.04. The molecule has 0 spiro atoms. The molecule has 2 aromatic heterocycles. The quantitative estimate of drug-likeness (QED) is 0.880. The van der Waals surface area contributed by atoms with E-state index in [1.807, 2.05) is 0 Å². The zero-order valence-corrected chi connectivity index (χ0v) is 10.4. The number of hydrogen-bond donors (Lipinski definition) is 1. The van der Waals surface area contributed by atoms with Gasteiger partial charge in [0.15, 0.2) is 5.65 Å². The molecule has 0 radical (unpaired) electrons. The lowest BCUT2D eigenvalue weighted by molar-refractivity contribution is -0.141. The van der Waals surface area contributed by atoms with Gasteiger partial charge in [0.1, 0.15) is 0 Å². The third kappa shape index (κ3) is 2.01. The van der Waals surface area contributed by atoms with Gasteiger partial charge < -0.3 is 5.11 Å². The Hall–Kier alpha value is -2.15. The van der Waals surface area contributed by atoms with Crippen LogP contribution in [-0.4, -0.2) is 38.1 Å². The van der Waals surface area contributed by atoms with E-state index in [1.165, 1.54) is 9.42 Å². The third-order valence-electron chi connectivity index (χ3n) is 3.00. The van der Waals surface area contributed by atoms with Crippen LogP contribution >= 0.6 is 11.6 Å². The molecule has 8 heteroatoms. The van der Waals surface area contributed by atoms with E-state index in [1.54, 1.807) is 18.3 Å². The number of anilines is 1. The van der Waals surface area contributed by atoms with Gasteiger partial charge in [-0.2, -0.15) is 4.98 Å². The topological polar surface area (TPSA) is 87.8 Å². The number of aliphatic carboxylic acids is 1. The molecule has 98 valence electrons. The van der Waals surface area contributed by atoms with Crippen molar-refractivity contribution in [1.29, 1.82) is 0 Å². The lowest BCUT2D eigenvalue weighted by Gasteiger charge is -2.09. The van der Waals surface area contributed by atoms with Crippen molar-refractivity contribution in [2.75, 3.05) is 11.4 Å². The van der Waals surface area contributed by atoms with Gasteiger partial charge in [-0.1, -0.05) is 11.6 Å². The molecule has 0 aromatic carbocycles. The summed E-state index contributed by atoms with van der Waals surface area (Å²) in [7, 11) is 0. The van der Waals surface area contributed by atoms with Crippen LogP contribution in [0.4, 0.5) is 5.95 Å². The Bertz CT molecular complexity index is 684. The molecule has 1 amide bonds. The number of fused-ring (bicyclic) bond motifs is 1. The molecule has 0 aliphatic carbocycles. The Morgan fingerprint density at radius 1 is 1.47 bits per heavy atom. The highest BCUT2D eigenvalue weighted by atomic mass is 35.5. The first-order valence-electron chi connectivity index (χ1n) is 5.59. The zero-order valence-electron chi connectivity index (χ0n) is 9.65. The van der Waals surface area contributed by atoms with E-state index in [0.717, 1.165) is 0 Å². The highest BCUT2D eigenvalue weighted by Gasteiger charge is 2.36. The number of rotatable bonds is 2. The normalized spacial score (nSPS) is 19.3. The molecule has 3 rings (SSSR count). The molecule has 1 saturated heterocycles. The molecular weight excluding hydrogens is 272 g/mol. The van der Waals surface area contributed by atoms with Crippen LogP contribution in [0.1, 0.15) is 6.42 Å². The summed E-state index contributed by atoms with van der Waals surface area (Å²) in [5.41, 5.74) is 0.547. The molecule has 1 fully saturated rings. The molecule has 1 unspecified atom stereocenters. The van der Waals surface area contributed by atoms with Crippen molar-refractivity contribution in [2.24, 2.45) is 5.92 Å². The van der Waals surface area contributed by atoms with E-state index in [-0.39, 0.29) is 24.8 Å². The molecule has 3 heterocycles. The molecule has 1 N–H and O–H groups in total. The van der Waals surface area contributed by atoms with Crippen LogP contribution in [0.3, 0.4) is 0 Å². The molecular formula is C11H9ClN4O3. The van der Waals surface area contributed by atoms with Gasteiger partial charge in [-0.3, -0.25) is 14.5 Å². The Labute approximate surface area is 112 Å². The monoisotopic (exact) mass is 280 g/mol. The van der Waals surface area contributed by atoms with Gasteiger partial charge in [-0.25, -0.2) is 4.52 Å². The van der Waals surface area contributed by atoms with Gasteiger partial charge in [0.25, 0.3) is 5.95 Å². The van der Waals surface area contributed by atoms with Crippen LogP contribution < -0.4 is 4.90 Å².